The monoisotopic (exact) mass is 258 g/mol. The normalized spacial score (nSPS) is 22.5. The number of ether oxygens (including phenoxy) is 1. The molecule has 102 valence electrons. The van der Waals surface area contributed by atoms with E-state index >= 15 is 0 Å². The van der Waals surface area contributed by atoms with Gasteiger partial charge in [-0.2, -0.15) is 5.26 Å². The van der Waals surface area contributed by atoms with Gasteiger partial charge in [-0.1, -0.05) is 26.0 Å². The maximum Gasteiger partial charge on any atom is 0.0991 e. The molecule has 3 heteroatoms. The fourth-order valence-electron chi connectivity index (χ4n) is 2.58. The van der Waals surface area contributed by atoms with Gasteiger partial charge in [-0.3, -0.25) is 0 Å². The van der Waals surface area contributed by atoms with Crippen molar-refractivity contribution in [1.29, 1.82) is 5.26 Å². The Kier molecular flexibility index (Phi) is 4.57. The SMILES string of the molecule is CCC1(CC)CNCC(c2cccc(C#N)c2)OC1. The van der Waals surface area contributed by atoms with Crippen LogP contribution in [0.3, 0.4) is 0 Å². The molecule has 3 nitrogen and oxygen atoms in total. The number of rotatable bonds is 3. The van der Waals surface area contributed by atoms with Crippen LogP contribution in [0.4, 0.5) is 0 Å². The second-order valence-corrected chi connectivity index (χ2v) is 5.37. The van der Waals surface area contributed by atoms with Gasteiger partial charge in [0.25, 0.3) is 0 Å². The van der Waals surface area contributed by atoms with E-state index < -0.39 is 0 Å². The third-order valence-electron chi connectivity index (χ3n) is 4.31. The van der Waals surface area contributed by atoms with Gasteiger partial charge in [-0.15, -0.1) is 0 Å². The summed E-state index contributed by atoms with van der Waals surface area (Å²) in [7, 11) is 0. The van der Waals surface area contributed by atoms with Crippen LogP contribution in [0, 0.1) is 16.7 Å². The molecule has 1 fully saturated rings. The summed E-state index contributed by atoms with van der Waals surface area (Å²) < 4.78 is 6.11. The van der Waals surface area contributed by atoms with Crippen LogP contribution in [-0.4, -0.2) is 19.7 Å². The molecule has 0 saturated carbocycles. The molecule has 0 bridgehead atoms. The van der Waals surface area contributed by atoms with Crippen molar-refractivity contribution in [3.8, 4) is 6.07 Å². The van der Waals surface area contributed by atoms with E-state index in [0.717, 1.165) is 38.1 Å². The van der Waals surface area contributed by atoms with Crippen LogP contribution in [0.5, 0.6) is 0 Å². The van der Waals surface area contributed by atoms with Crippen LogP contribution < -0.4 is 5.32 Å². The second-order valence-electron chi connectivity index (χ2n) is 5.37. The Morgan fingerprint density at radius 3 is 2.89 bits per heavy atom. The number of nitriles is 1. The van der Waals surface area contributed by atoms with Crippen molar-refractivity contribution >= 4 is 0 Å². The average Bonchev–Trinajstić information content (AvgIpc) is 2.70. The third kappa shape index (κ3) is 3.15. The Morgan fingerprint density at radius 1 is 1.42 bits per heavy atom. The van der Waals surface area contributed by atoms with Crippen LogP contribution in [0.25, 0.3) is 0 Å². The molecule has 1 aliphatic heterocycles. The van der Waals surface area contributed by atoms with E-state index in [2.05, 4.69) is 25.2 Å². The number of nitrogens with zero attached hydrogens (tertiary/aromatic N) is 1. The molecule has 0 spiro atoms. The quantitative estimate of drug-likeness (QED) is 0.906. The minimum Gasteiger partial charge on any atom is -0.372 e. The van der Waals surface area contributed by atoms with E-state index in [1.54, 1.807) is 0 Å². The van der Waals surface area contributed by atoms with Crippen molar-refractivity contribution in [3.05, 3.63) is 35.4 Å². The molecule has 1 aliphatic rings. The highest BCUT2D eigenvalue weighted by atomic mass is 16.5. The Hall–Kier alpha value is -1.37. The molecular weight excluding hydrogens is 236 g/mol. The molecular formula is C16H22N2O. The smallest absolute Gasteiger partial charge is 0.0991 e. The predicted octanol–water partition coefficient (Wildman–Crippen LogP) is 3.03. The van der Waals surface area contributed by atoms with Crippen LogP contribution in [-0.2, 0) is 4.74 Å². The van der Waals surface area contributed by atoms with Gasteiger partial charge in [0.2, 0.25) is 0 Å². The largest absolute Gasteiger partial charge is 0.372 e. The van der Waals surface area contributed by atoms with Crippen molar-refractivity contribution in [2.24, 2.45) is 5.41 Å². The molecule has 0 aromatic heterocycles. The van der Waals surface area contributed by atoms with Crippen molar-refractivity contribution in [2.75, 3.05) is 19.7 Å². The van der Waals surface area contributed by atoms with Gasteiger partial charge in [0.1, 0.15) is 0 Å². The van der Waals surface area contributed by atoms with Crippen LogP contribution >= 0.6 is 0 Å². The molecule has 1 N–H and O–H groups in total. The summed E-state index contributed by atoms with van der Waals surface area (Å²) >= 11 is 0. The van der Waals surface area contributed by atoms with Gasteiger partial charge in [0, 0.05) is 18.5 Å². The second kappa shape index (κ2) is 6.18. The first-order valence-electron chi connectivity index (χ1n) is 7.05. The lowest BCUT2D eigenvalue weighted by atomic mass is 9.83. The first kappa shape index (κ1) is 14.0. The highest BCUT2D eigenvalue weighted by Gasteiger charge is 2.31. The Bertz CT molecular complexity index is 460. The summed E-state index contributed by atoms with van der Waals surface area (Å²) in [4.78, 5) is 0. The maximum atomic E-state index is 8.97. The van der Waals surface area contributed by atoms with Gasteiger partial charge < -0.3 is 10.1 Å². The zero-order valence-electron chi connectivity index (χ0n) is 11.8. The Balaban J connectivity index is 2.13. The predicted molar refractivity (Wildman–Crippen MR) is 75.7 cm³/mol. The highest BCUT2D eigenvalue weighted by Crippen LogP contribution is 2.31. The molecule has 0 amide bonds. The van der Waals surface area contributed by atoms with Gasteiger partial charge in [0.05, 0.1) is 24.3 Å². The zero-order chi connectivity index (χ0) is 13.7. The first-order chi connectivity index (χ1) is 9.23. The highest BCUT2D eigenvalue weighted by molar-refractivity contribution is 5.34. The number of hydrogen-bond donors (Lipinski definition) is 1. The molecule has 1 unspecified atom stereocenters. The fraction of sp³-hybridized carbons (Fsp3) is 0.562. The lowest BCUT2D eigenvalue weighted by Crippen LogP contribution is -2.34. The number of hydrogen-bond acceptors (Lipinski definition) is 3. The standard InChI is InChI=1S/C16H22N2O/c1-3-16(4-2)11-18-10-15(19-12-16)14-7-5-6-13(8-14)9-17/h5-8,15,18H,3-4,10-12H2,1-2H3. The van der Waals surface area contributed by atoms with E-state index in [-0.39, 0.29) is 11.5 Å². The van der Waals surface area contributed by atoms with Crippen molar-refractivity contribution < 1.29 is 4.74 Å². The van der Waals surface area contributed by atoms with Crippen LogP contribution in [0.1, 0.15) is 43.9 Å². The van der Waals surface area contributed by atoms with Gasteiger partial charge in [-0.25, -0.2) is 0 Å². The van der Waals surface area contributed by atoms with E-state index in [4.69, 9.17) is 10.00 Å². The first-order valence-corrected chi connectivity index (χ1v) is 7.05. The topological polar surface area (TPSA) is 45.0 Å². The molecule has 2 rings (SSSR count). The minimum absolute atomic E-state index is 0.0493. The summed E-state index contributed by atoms with van der Waals surface area (Å²) in [6.45, 7) is 7.07. The van der Waals surface area contributed by atoms with E-state index in [1.165, 1.54) is 0 Å². The zero-order valence-corrected chi connectivity index (χ0v) is 11.8. The minimum atomic E-state index is 0.0493. The molecule has 1 saturated heterocycles. The summed E-state index contributed by atoms with van der Waals surface area (Å²) in [5.74, 6) is 0. The maximum absolute atomic E-state index is 8.97. The molecule has 0 radical (unpaired) electrons. The van der Waals surface area contributed by atoms with E-state index in [1.807, 2.05) is 24.3 Å². The van der Waals surface area contributed by atoms with Crippen LogP contribution in [0.15, 0.2) is 24.3 Å². The Labute approximate surface area is 115 Å². The average molecular weight is 258 g/mol. The van der Waals surface area contributed by atoms with Gasteiger partial charge in [-0.05, 0) is 30.5 Å². The van der Waals surface area contributed by atoms with Crippen LogP contribution in [0.2, 0.25) is 0 Å². The fourth-order valence-corrected chi connectivity index (χ4v) is 2.58. The van der Waals surface area contributed by atoms with Gasteiger partial charge in [0.15, 0.2) is 0 Å². The summed E-state index contributed by atoms with van der Waals surface area (Å²) in [5.41, 5.74) is 2.04. The number of nitrogens with one attached hydrogen (secondary N) is 1. The number of benzene rings is 1. The summed E-state index contributed by atoms with van der Waals surface area (Å²) in [5, 5.41) is 12.5. The van der Waals surface area contributed by atoms with E-state index in [9.17, 15) is 0 Å². The third-order valence-corrected chi connectivity index (χ3v) is 4.31. The van der Waals surface area contributed by atoms with Crippen molar-refractivity contribution in [1.82, 2.24) is 5.32 Å². The summed E-state index contributed by atoms with van der Waals surface area (Å²) in [6.07, 6.45) is 2.30. The van der Waals surface area contributed by atoms with E-state index in [0.29, 0.717) is 5.56 Å². The molecule has 1 atom stereocenters. The van der Waals surface area contributed by atoms with Crippen molar-refractivity contribution in [2.45, 2.75) is 32.8 Å². The van der Waals surface area contributed by atoms with Gasteiger partial charge >= 0.3 is 0 Å². The molecule has 1 aromatic rings. The molecule has 19 heavy (non-hydrogen) atoms. The molecule has 1 heterocycles. The summed E-state index contributed by atoms with van der Waals surface area (Å²) in [6, 6.07) is 9.91. The lowest BCUT2D eigenvalue weighted by molar-refractivity contribution is 0.0103. The molecule has 0 aliphatic carbocycles. The lowest BCUT2D eigenvalue weighted by Gasteiger charge is -2.29. The van der Waals surface area contributed by atoms with Crippen molar-refractivity contribution in [3.63, 3.8) is 0 Å². The Morgan fingerprint density at radius 2 is 2.21 bits per heavy atom. The molecule has 1 aromatic carbocycles.